The van der Waals surface area contributed by atoms with Gasteiger partial charge in [-0.3, -0.25) is 9.59 Å². The second kappa shape index (κ2) is 7.66. The van der Waals surface area contributed by atoms with E-state index < -0.39 is 0 Å². The molecule has 4 nitrogen and oxygen atoms in total. The van der Waals surface area contributed by atoms with E-state index in [4.69, 9.17) is 4.74 Å². The first-order valence-corrected chi connectivity index (χ1v) is 12.0. The third-order valence-corrected chi connectivity index (χ3v) is 10.4. The summed E-state index contributed by atoms with van der Waals surface area (Å²) >= 11 is 0. The van der Waals surface area contributed by atoms with E-state index >= 15 is 0 Å². The van der Waals surface area contributed by atoms with E-state index in [9.17, 15) is 14.7 Å². The number of fused-ring (bicyclic) bond motifs is 5. The van der Waals surface area contributed by atoms with Crippen molar-refractivity contribution in [3.8, 4) is 0 Å². The van der Waals surface area contributed by atoms with Crippen molar-refractivity contribution in [1.29, 1.82) is 0 Å². The maximum absolute atomic E-state index is 12.1. The Hall–Kier alpha value is -0.900. The first-order chi connectivity index (χ1) is 13.7. The van der Waals surface area contributed by atoms with Crippen LogP contribution in [-0.4, -0.2) is 30.1 Å². The Labute approximate surface area is 176 Å². The lowest BCUT2D eigenvalue weighted by Crippen LogP contribution is -2.58. The Morgan fingerprint density at radius 2 is 1.97 bits per heavy atom. The van der Waals surface area contributed by atoms with Gasteiger partial charge in [0.25, 0.3) is 0 Å². The molecule has 0 aromatic heterocycles. The SMILES string of the molecule is COC(=O)CC[C@@H](C)[C@H]1CC[C@H]2C3CC[C@@H]4CC(=O)CC[C@]4(C)C3C[C@H](O)[C@]12C. The molecule has 0 aromatic carbocycles. The molecule has 9 atom stereocenters. The van der Waals surface area contributed by atoms with Crippen LogP contribution in [0.3, 0.4) is 0 Å². The van der Waals surface area contributed by atoms with E-state index in [0.29, 0.717) is 47.7 Å². The quantitative estimate of drug-likeness (QED) is 0.685. The van der Waals surface area contributed by atoms with Gasteiger partial charge in [0, 0.05) is 19.3 Å². The fraction of sp³-hybridized carbons (Fsp3) is 0.920. The number of esters is 1. The number of aliphatic hydroxyl groups is 1. The lowest BCUT2D eigenvalue weighted by Gasteiger charge is -2.62. The molecular formula is C25H40O4. The molecule has 0 amide bonds. The van der Waals surface area contributed by atoms with Gasteiger partial charge in [-0.15, -0.1) is 0 Å². The maximum Gasteiger partial charge on any atom is 0.305 e. The molecule has 0 bridgehead atoms. The first-order valence-electron chi connectivity index (χ1n) is 12.0. The van der Waals surface area contributed by atoms with Gasteiger partial charge < -0.3 is 9.84 Å². The largest absolute Gasteiger partial charge is 0.469 e. The van der Waals surface area contributed by atoms with Crippen LogP contribution in [0, 0.1) is 46.3 Å². The standard InChI is InChI=1S/C25H40O4/c1-15(5-10-23(28)29-4)19-8-9-20-18-7-6-16-13-17(26)11-12-24(16,2)21(18)14-22(27)25(19,20)3/h15-16,18-22,27H,5-14H2,1-4H3/t15-,16-,18?,19-,20+,21?,22+,24+,25-/m1/s1. The minimum atomic E-state index is -0.268. The summed E-state index contributed by atoms with van der Waals surface area (Å²) in [4.78, 5) is 23.7. The Morgan fingerprint density at radius 1 is 1.21 bits per heavy atom. The van der Waals surface area contributed by atoms with Crippen molar-refractivity contribution in [2.24, 2.45) is 46.3 Å². The predicted molar refractivity (Wildman–Crippen MR) is 112 cm³/mol. The van der Waals surface area contributed by atoms with Crippen molar-refractivity contribution in [3.05, 3.63) is 0 Å². The maximum atomic E-state index is 12.1. The fourth-order valence-corrected chi connectivity index (χ4v) is 8.62. The molecule has 164 valence electrons. The van der Waals surface area contributed by atoms with E-state index in [1.807, 2.05) is 0 Å². The number of Topliss-reactive ketones (excluding diaryl/α,β-unsaturated/α-hetero) is 1. The molecule has 4 saturated carbocycles. The van der Waals surface area contributed by atoms with Gasteiger partial charge in [0.2, 0.25) is 0 Å². The number of aliphatic hydroxyl groups excluding tert-OH is 1. The number of rotatable bonds is 4. The van der Waals surface area contributed by atoms with Crippen LogP contribution in [0.25, 0.3) is 0 Å². The lowest BCUT2D eigenvalue weighted by atomic mass is 9.44. The average Bonchev–Trinajstić information content (AvgIpc) is 3.06. The summed E-state index contributed by atoms with van der Waals surface area (Å²) in [7, 11) is 1.46. The molecule has 4 heteroatoms. The first kappa shape index (κ1) is 21.3. The number of hydrogen-bond donors (Lipinski definition) is 1. The van der Waals surface area contributed by atoms with Gasteiger partial charge in [0.15, 0.2) is 0 Å². The van der Waals surface area contributed by atoms with Gasteiger partial charge in [-0.2, -0.15) is 0 Å². The normalized spacial score (nSPS) is 47.7. The molecule has 0 saturated heterocycles. The molecule has 0 aromatic rings. The van der Waals surface area contributed by atoms with Crippen LogP contribution in [0.2, 0.25) is 0 Å². The Balaban J connectivity index is 1.54. The zero-order chi connectivity index (χ0) is 21.0. The highest BCUT2D eigenvalue weighted by molar-refractivity contribution is 5.79. The topological polar surface area (TPSA) is 63.6 Å². The van der Waals surface area contributed by atoms with Crippen molar-refractivity contribution in [3.63, 3.8) is 0 Å². The third-order valence-electron chi connectivity index (χ3n) is 10.4. The molecule has 4 aliphatic rings. The predicted octanol–water partition coefficient (Wildman–Crippen LogP) is 4.77. The number of hydrogen-bond acceptors (Lipinski definition) is 4. The van der Waals surface area contributed by atoms with Crippen LogP contribution in [0.1, 0.15) is 85.0 Å². The molecule has 4 aliphatic carbocycles. The molecule has 29 heavy (non-hydrogen) atoms. The number of methoxy groups -OCH3 is 1. The zero-order valence-electron chi connectivity index (χ0n) is 18.8. The molecule has 0 radical (unpaired) electrons. The van der Waals surface area contributed by atoms with Crippen LogP contribution >= 0.6 is 0 Å². The van der Waals surface area contributed by atoms with Crippen LogP contribution in [0.4, 0.5) is 0 Å². The molecule has 0 aliphatic heterocycles. The fourth-order valence-electron chi connectivity index (χ4n) is 8.62. The minimum Gasteiger partial charge on any atom is -0.469 e. The highest BCUT2D eigenvalue weighted by atomic mass is 16.5. The number of ether oxygens (including phenoxy) is 1. The van der Waals surface area contributed by atoms with Crippen LogP contribution in [-0.2, 0) is 14.3 Å². The summed E-state index contributed by atoms with van der Waals surface area (Å²) in [5.74, 6) is 3.59. The van der Waals surface area contributed by atoms with E-state index in [0.717, 1.165) is 32.1 Å². The van der Waals surface area contributed by atoms with Crippen molar-refractivity contribution >= 4 is 11.8 Å². The van der Waals surface area contributed by atoms with E-state index in [-0.39, 0.29) is 22.9 Å². The van der Waals surface area contributed by atoms with Gasteiger partial charge in [-0.1, -0.05) is 20.8 Å². The van der Waals surface area contributed by atoms with Gasteiger partial charge in [-0.05, 0) is 91.3 Å². The summed E-state index contributed by atoms with van der Waals surface area (Å²) in [5.41, 5.74) is 0.193. The summed E-state index contributed by atoms with van der Waals surface area (Å²) in [6, 6.07) is 0. The van der Waals surface area contributed by atoms with Gasteiger partial charge >= 0.3 is 5.97 Å². The molecule has 4 rings (SSSR count). The number of carbonyl (C=O) groups is 2. The smallest absolute Gasteiger partial charge is 0.305 e. The second-order valence-corrected chi connectivity index (χ2v) is 11.3. The van der Waals surface area contributed by atoms with Crippen molar-refractivity contribution in [2.75, 3.05) is 7.11 Å². The number of carbonyl (C=O) groups excluding carboxylic acids is 2. The van der Waals surface area contributed by atoms with E-state index in [1.165, 1.54) is 32.8 Å². The van der Waals surface area contributed by atoms with Crippen LogP contribution < -0.4 is 0 Å². The van der Waals surface area contributed by atoms with Gasteiger partial charge in [0.05, 0.1) is 13.2 Å². The summed E-state index contributed by atoms with van der Waals surface area (Å²) in [6.07, 6.45) is 9.29. The summed E-state index contributed by atoms with van der Waals surface area (Å²) < 4.78 is 4.84. The molecule has 2 unspecified atom stereocenters. The van der Waals surface area contributed by atoms with Crippen LogP contribution in [0.15, 0.2) is 0 Å². The Kier molecular flexibility index (Phi) is 5.63. The molecule has 0 heterocycles. The molecular weight excluding hydrogens is 364 g/mol. The molecule has 1 N–H and O–H groups in total. The Morgan fingerprint density at radius 3 is 2.69 bits per heavy atom. The average molecular weight is 405 g/mol. The lowest BCUT2D eigenvalue weighted by molar-refractivity contribution is -0.171. The highest BCUT2D eigenvalue weighted by Gasteiger charge is 2.63. The third kappa shape index (κ3) is 3.28. The van der Waals surface area contributed by atoms with E-state index in [1.54, 1.807) is 0 Å². The van der Waals surface area contributed by atoms with E-state index in [2.05, 4.69) is 20.8 Å². The van der Waals surface area contributed by atoms with Gasteiger partial charge in [0.1, 0.15) is 5.78 Å². The monoisotopic (exact) mass is 404 g/mol. The summed E-state index contributed by atoms with van der Waals surface area (Å²) in [5, 5.41) is 11.5. The Bertz CT molecular complexity index is 659. The zero-order valence-corrected chi connectivity index (χ0v) is 18.8. The molecule has 0 spiro atoms. The summed E-state index contributed by atoms with van der Waals surface area (Å²) in [6.45, 7) is 7.05. The minimum absolute atomic E-state index is 0.0373. The van der Waals surface area contributed by atoms with Crippen molar-refractivity contribution in [2.45, 2.75) is 91.1 Å². The highest BCUT2D eigenvalue weighted by Crippen LogP contribution is 2.68. The van der Waals surface area contributed by atoms with Crippen molar-refractivity contribution < 1.29 is 19.4 Å². The van der Waals surface area contributed by atoms with Crippen LogP contribution in [0.5, 0.6) is 0 Å². The second-order valence-electron chi connectivity index (χ2n) is 11.3. The van der Waals surface area contributed by atoms with Crippen molar-refractivity contribution in [1.82, 2.24) is 0 Å². The van der Waals surface area contributed by atoms with Gasteiger partial charge in [-0.25, -0.2) is 0 Å². The molecule has 4 fully saturated rings. The number of ketones is 1.